The number of aromatic nitrogens is 2. The molecule has 0 fully saturated rings. The van der Waals surface area contributed by atoms with Gasteiger partial charge in [0.2, 0.25) is 10.0 Å². The number of hydrogen-bond donors (Lipinski definition) is 2. The molecule has 1 heterocycles. The summed E-state index contributed by atoms with van der Waals surface area (Å²) in [6, 6.07) is 0. The number of aromatic amines is 1. The van der Waals surface area contributed by atoms with Crippen LogP contribution in [-0.2, 0) is 14.8 Å². The van der Waals surface area contributed by atoms with Gasteiger partial charge >= 0.3 is 5.97 Å². The lowest BCUT2D eigenvalue weighted by Crippen LogP contribution is -2.46. The molecule has 18 heavy (non-hydrogen) atoms. The summed E-state index contributed by atoms with van der Waals surface area (Å²) in [5.41, 5.74) is -0.703. The van der Waals surface area contributed by atoms with Crippen LogP contribution in [0.1, 0.15) is 27.2 Å². The summed E-state index contributed by atoms with van der Waals surface area (Å²) >= 11 is 0. The molecule has 0 spiro atoms. The molecule has 0 atom stereocenters. The highest BCUT2D eigenvalue weighted by atomic mass is 32.2. The predicted octanol–water partition coefficient (Wildman–Crippen LogP) is 0.674. The van der Waals surface area contributed by atoms with Gasteiger partial charge in [0.15, 0.2) is 0 Å². The monoisotopic (exact) mass is 275 g/mol. The van der Waals surface area contributed by atoms with Gasteiger partial charge in [-0.2, -0.15) is 9.40 Å². The number of nitrogens with one attached hydrogen (secondary N) is 1. The summed E-state index contributed by atoms with van der Waals surface area (Å²) < 4.78 is 25.8. The molecule has 1 rings (SSSR count). The van der Waals surface area contributed by atoms with Crippen molar-refractivity contribution in [1.82, 2.24) is 14.5 Å². The third-order valence-electron chi connectivity index (χ3n) is 2.34. The number of rotatable bonds is 5. The molecule has 0 aliphatic carbocycles. The lowest BCUT2D eigenvalue weighted by atomic mass is 10.1. The molecule has 0 aliphatic rings. The van der Waals surface area contributed by atoms with Crippen molar-refractivity contribution in [2.24, 2.45) is 0 Å². The van der Waals surface area contributed by atoms with E-state index in [0.29, 0.717) is 0 Å². The molecular formula is C10H17N3O4S. The molecule has 0 amide bonds. The van der Waals surface area contributed by atoms with Crippen molar-refractivity contribution in [1.29, 1.82) is 0 Å². The van der Waals surface area contributed by atoms with Gasteiger partial charge in [0, 0.05) is 18.3 Å². The third-order valence-corrected chi connectivity index (χ3v) is 4.47. The van der Waals surface area contributed by atoms with Crippen LogP contribution in [0.4, 0.5) is 0 Å². The number of H-pyrrole nitrogens is 1. The summed E-state index contributed by atoms with van der Waals surface area (Å²) in [5.74, 6) is -1.04. The maximum absolute atomic E-state index is 12.3. The number of carboxylic acids is 1. The van der Waals surface area contributed by atoms with Crippen LogP contribution in [0.25, 0.3) is 0 Å². The summed E-state index contributed by atoms with van der Waals surface area (Å²) in [4.78, 5) is 10.6. The smallest absolute Gasteiger partial charge is 0.304 e. The Morgan fingerprint density at radius 3 is 2.50 bits per heavy atom. The van der Waals surface area contributed by atoms with E-state index < -0.39 is 21.5 Å². The summed E-state index contributed by atoms with van der Waals surface area (Å²) in [7, 11) is -3.73. The Labute approximate surface area is 106 Å². The molecule has 0 bridgehead atoms. The second-order valence-corrected chi connectivity index (χ2v) is 6.69. The minimum atomic E-state index is -3.73. The maximum Gasteiger partial charge on any atom is 0.304 e. The third kappa shape index (κ3) is 3.30. The van der Waals surface area contributed by atoms with Crippen LogP contribution in [-0.4, -0.2) is 46.1 Å². The first-order valence-corrected chi connectivity index (χ1v) is 6.83. The van der Waals surface area contributed by atoms with E-state index >= 15 is 0 Å². The van der Waals surface area contributed by atoms with Crippen molar-refractivity contribution < 1.29 is 18.3 Å². The van der Waals surface area contributed by atoms with E-state index in [1.807, 2.05) is 0 Å². The van der Waals surface area contributed by atoms with Crippen molar-refractivity contribution in [3.8, 4) is 0 Å². The Bertz CT molecular complexity index is 502. The Morgan fingerprint density at radius 2 is 2.11 bits per heavy atom. The molecule has 0 saturated carbocycles. The topological polar surface area (TPSA) is 103 Å². The van der Waals surface area contributed by atoms with Crippen molar-refractivity contribution >= 4 is 16.0 Å². The SMILES string of the molecule is CC(C)(C)N(CCC(=O)O)S(=O)(=O)c1cn[nH]c1. The molecule has 0 aromatic carbocycles. The predicted molar refractivity (Wildman–Crippen MR) is 64.5 cm³/mol. The Hall–Kier alpha value is -1.41. The van der Waals surface area contributed by atoms with Gasteiger partial charge in [0.25, 0.3) is 0 Å². The Kier molecular flexibility index (Phi) is 4.12. The minimum absolute atomic E-state index is 0.0304. The molecule has 102 valence electrons. The standard InChI is InChI=1S/C10H17N3O4S/c1-10(2,3)13(5-4-9(14)15)18(16,17)8-6-11-12-7-8/h6-7H,4-5H2,1-3H3,(H,11,12)(H,14,15). The van der Waals surface area contributed by atoms with Crippen LogP contribution in [0.15, 0.2) is 17.3 Å². The highest BCUT2D eigenvalue weighted by Crippen LogP contribution is 2.23. The maximum atomic E-state index is 12.3. The van der Waals surface area contributed by atoms with E-state index in [2.05, 4.69) is 10.2 Å². The number of nitrogens with zero attached hydrogens (tertiary/aromatic N) is 2. The first-order valence-electron chi connectivity index (χ1n) is 5.39. The van der Waals surface area contributed by atoms with Crippen LogP contribution in [0.5, 0.6) is 0 Å². The van der Waals surface area contributed by atoms with Gasteiger partial charge in [-0.3, -0.25) is 9.89 Å². The van der Waals surface area contributed by atoms with Crippen molar-refractivity contribution in [2.75, 3.05) is 6.54 Å². The highest BCUT2D eigenvalue weighted by Gasteiger charge is 2.34. The minimum Gasteiger partial charge on any atom is -0.481 e. The molecule has 7 nitrogen and oxygen atoms in total. The number of hydrogen-bond acceptors (Lipinski definition) is 4. The Balaban J connectivity index is 3.08. The van der Waals surface area contributed by atoms with Crippen molar-refractivity contribution in [3.63, 3.8) is 0 Å². The number of carbonyl (C=O) groups is 1. The van der Waals surface area contributed by atoms with Crippen LogP contribution in [0.2, 0.25) is 0 Å². The lowest BCUT2D eigenvalue weighted by Gasteiger charge is -2.33. The van der Waals surface area contributed by atoms with Crippen LogP contribution in [0, 0.1) is 0 Å². The van der Waals surface area contributed by atoms with E-state index in [0.717, 1.165) is 0 Å². The second-order valence-electron chi connectivity index (χ2n) is 4.83. The molecule has 2 N–H and O–H groups in total. The Morgan fingerprint density at radius 1 is 1.50 bits per heavy atom. The lowest BCUT2D eigenvalue weighted by molar-refractivity contribution is -0.137. The fourth-order valence-electron chi connectivity index (χ4n) is 1.52. The first kappa shape index (κ1) is 14.7. The number of carboxylic acid groups (broad SMARTS) is 1. The molecule has 0 unspecified atom stereocenters. The average molecular weight is 275 g/mol. The van der Waals surface area contributed by atoms with E-state index in [1.165, 1.54) is 16.7 Å². The van der Waals surface area contributed by atoms with Gasteiger partial charge in [-0.05, 0) is 20.8 Å². The van der Waals surface area contributed by atoms with Crippen LogP contribution in [0.3, 0.4) is 0 Å². The van der Waals surface area contributed by atoms with Crippen molar-refractivity contribution in [3.05, 3.63) is 12.4 Å². The quantitative estimate of drug-likeness (QED) is 0.822. The zero-order chi connectivity index (χ0) is 14.0. The fraction of sp³-hybridized carbons (Fsp3) is 0.600. The fourth-order valence-corrected chi connectivity index (χ4v) is 3.22. The molecule has 1 aromatic rings. The zero-order valence-corrected chi connectivity index (χ0v) is 11.4. The van der Waals surface area contributed by atoms with Gasteiger partial charge in [-0.25, -0.2) is 8.42 Å². The number of sulfonamides is 1. The number of aliphatic carboxylic acids is 1. The largest absolute Gasteiger partial charge is 0.481 e. The van der Waals surface area contributed by atoms with Gasteiger partial charge in [-0.15, -0.1) is 0 Å². The molecule has 0 radical (unpaired) electrons. The normalized spacial score (nSPS) is 12.9. The van der Waals surface area contributed by atoms with E-state index in [9.17, 15) is 13.2 Å². The van der Waals surface area contributed by atoms with Gasteiger partial charge in [0.1, 0.15) is 4.90 Å². The van der Waals surface area contributed by atoms with Crippen molar-refractivity contribution in [2.45, 2.75) is 37.6 Å². The molecule has 0 saturated heterocycles. The van der Waals surface area contributed by atoms with E-state index in [-0.39, 0.29) is 17.9 Å². The molecule has 8 heteroatoms. The highest BCUT2D eigenvalue weighted by molar-refractivity contribution is 7.89. The summed E-state index contributed by atoms with van der Waals surface area (Å²) in [6.07, 6.45) is 2.23. The van der Waals surface area contributed by atoms with E-state index in [1.54, 1.807) is 20.8 Å². The summed E-state index contributed by atoms with van der Waals surface area (Å²) in [5, 5.41) is 14.7. The molecule has 0 aliphatic heterocycles. The van der Waals surface area contributed by atoms with Gasteiger partial charge in [0.05, 0.1) is 12.6 Å². The second kappa shape index (κ2) is 5.07. The van der Waals surface area contributed by atoms with Crippen LogP contribution < -0.4 is 0 Å². The van der Waals surface area contributed by atoms with Crippen LogP contribution >= 0.6 is 0 Å². The molecule has 1 aromatic heterocycles. The molecular weight excluding hydrogens is 258 g/mol. The average Bonchev–Trinajstić information content (AvgIpc) is 2.67. The zero-order valence-electron chi connectivity index (χ0n) is 10.5. The summed E-state index contributed by atoms with van der Waals surface area (Å²) in [6.45, 7) is 5.07. The first-order chi connectivity index (χ1) is 8.15. The van der Waals surface area contributed by atoms with Gasteiger partial charge in [-0.1, -0.05) is 0 Å². The van der Waals surface area contributed by atoms with Gasteiger partial charge < -0.3 is 5.11 Å². The van der Waals surface area contributed by atoms with E-state index in [4.69, 9.17) is 5.11 Å².